The lowest BCUT2D eigenvalue weighted by molar-refractivity contribution is -0.114. The lowest BCUT2D eigenvalue weighted by Gasteiger charge is -2.26. The average molecular weight is 592 g/mol. The van der Waals surface area contributed by atoms with Crippen molar-refractivity contribution >= 4 is 17.1 Å². The van der Waals surface area contributed by atoms with Gasteiger partial charge in [-0.25, -0.2) is 4.39 Å². The summed E-state index contributed by atoms with van der Waals surface area (Å²) in [6.07, 6.45) is 15.0. The van der Waals surface area contributed by atoms with Crippen molar-refractivity contribution < 1.29 is 13.9 Å². The SMILES string of the molecule is CC=C(C=CC(=CCC)NC(=O)C1=C(CC)CCc2ccc(-c3cncc(CN4CCOCC4)c3)cc21)c1cccc(F)c1. The summed E-state index contributed by atoms with van der Waals surface area (Å²) in [5.41, 5.74) is 9.78. The molecule has 5 rings (SSSR count). The molecular formula is C38H42FN3O2. The van der Waals surface area contributed by atoms with Gasteiger partial charge in [-0.15, -0.1) is 0 Å². The summed E-state index contributed by atoms with van der Waals surface area (Å²) < 4.78 is 19.4. The third-order valence-corrected chi connectivity index (χ3v) is 8.31. The average Bonchev–Trinajstić information content (AvgIpc) is 3.05. The second kappa shape index (κ2) is 15.0. The molecule has 1 aromatic heterocycles. The summed E-state index contributed by atoms with van der Waals surface area (Å²) in [6, 6.07) is 15.2. The lowest BCUT2D eigenvalue weighted by atomic mass is 9.82. The fourth-order valence-electron chi connectivity index (χ4n) is 5.97. The van der Waals surface area contributed by atoms with Gasteiger partial charge >= 0.3 is 0 Å². The van der Waals surface area contributed by atoms with Gasteiger partial charge in [-0.2, -0.15) is 0 Å². The fourth-order valence-corrected chi connectivity index (χ4v) is 5.97. The Kier molecular flexibility index (Phi) is 10.7. The van der Waals surface area contributed by atoms with E-state index in [1.807, 2.05) is 56.6 Å². The molecule has 1 fully saturated rings. The van der Waals surface area contributed by atoms with Crippen LogP contribution in [0.3, 0.4) is 0 Å². The first-order valence-electron chi connectivity index (χ1n) is 15.7. The standard InChI is InChI=1S/C38H42FN3O2/c1-4-8-35(16-15-28(5-2)31-9-7-10-34(39)22-31)41-38(43)37-29(6-3)11-12-30-13-14-32(23-36(30)37)33-21-27(24-40-25-33)26-42-17-19-44-20-18-42/h5,7-10,13-16,21-25H,4,6,11-12,17-20,26H2,1-3H3,(H,41,43). The zero-order chi connectivity index (χ0) is 30.9. The van der Waals surface area contributed by atoms with Crippen molar-refractivity contribution in [3.8, 4) is 11.1 Å². The van der Waals surface area contributed by atoms with Crippen LogP contribution in [0.15, 0.2) is 96.5 Å². The summed E-state index contributed by atoms with van der Waals surface area (Å²) in [5, 5.41) is 3.20. The highest BCUT2D eigenvalue weighted by atomic mass is 19.1. The molecule has 0 radical (unpaired) electrons. The number of hydrogen-bond acceptors (Lipinski definition) is 4. The normalized spacial score (nSPS) is 16.4. The van der Waals surface area contributed by atoms with Crippen LogP contribution in [0.5, 0.6) is 0 Å². The van der Waals surface area contributed by atoms with Crippen LogP contribution >= 0.6 is 0 Å². The fraction of sp³-hybridized carbons (Fsp3) is 0.316. The summed E-state index contributed by atoms with van der Waals surface area (Å²) in [5.74, 6) is -0.377. The van der Waals surface area contributed by atoms with Gasteiger partial charge in [-0.1, -0.05) is 61.9 Å². The Morgan fingerprint density at radius 1 is 1.02 bits per heavy atom. The van der Waals surface area contributed by atoms with E-state index < -0.39 is 0 Å². The first-order chi connectivity index (χ1) is 21.5. The van der Waals surface area contributed by atoms with Crippen molar-refractivity contribution in [3.05, 3.63) is 125 Å². The maximum absolute atomic E-state index is 14.0. The predicted octanol–water partition coefficient (Wildman–Crippen LogP) is 7.90. The van der Waals surface area contributed by atoms with Gasteiger partial charge in [0.2, 0.25) is 0 Å². The van der Waals surface area contributed by atoms with Crippen LogP contribution in [0.2, 0.25) is 0 Å². The Labute approximate surface area is 260 Å². The van der Waals surface area contributed by atoms with Crippen molar-refractivity contribution in [3.63, 3.8) is 0 Å². The number of carbonyl (C=O) groups excluding carboxylic acids is 1. The molecule has 1 aliphatic heterocycles. The molecule has 0 saturated carbocycles. The lowest BCUT2D eigenvalue weighted by Crippen LogP contribution is -2.35. The molecule has 2 aromatic carbocycles. The minimum atomic E-state index is -0.276. The van der Waals surface area contributed by atoms with Gasteiger partial charge in [-0.3, -0.25) is 14.7 Å². The number of nitrogens with one attached hydrogen (secondary N) is 1. The Balaban J connectivity index is 1.40. The largest absolute Gasteiger partial charge is 0.379 e. The number of aryl methyl sites for hydroxylation is 1. The zero-order valence-corrected chi connectivity index (χ0v) is 26.0. The van der Waals surface area contributed by atoms with Gasteiger partial charge in [0.05, 0.1) is 13.2 Å². The number of nitrogens with zero attached hydrogens (tertiary/aromatic N) is 2. The Morgan fingerprint density at radius 2 is 1.86 bits per heavy atom. The molecule has 1 saturated heterocycles. The van der Waals surface area contributed by atoms with Gasteiger partial charge in [0.25, 0.3) is 5.91 Å². The Hall–Kier alpha value is -4.13. The Morgan fingerprint density at radius 3 is 2.61 bits per heavy atom. The van der Waals surface area contributed by atoms with Crippen LogP contribution in [-0.4, -0.2) is 42.1 Å². The zero-order valence-electron chi connectivity index (χ0n) is 26.0. The van der Waals surface area contributed by atoms with E-state index in [0.717, 1.165) is 97.6 Å². The maximum Gasteiger partial charge on any atom is 0.256 e. The molecule has 1 amide bonds. The van der Waals surface area contributed by atoms with Crippen LogP contribution in [0, 0.1) is 5.82 Å². The molecule has 44 heavy (non-hydrogen) atoms. The van der Waals surface area contributed by atoms with Crippen LogP contribution in [0.25, 0.3) is 22.3 Å². The minimum absolute atomic E-state index is 0.101. The molecule has 6 heteroatoms. The van der Waals surface area contributed by atoms with Gasteiger partial charge < -0.3 is 10.1 Å². The van der Waals surface area contributed by atoms with E-state index >= 15 is 0 Å². The molecule has 0 atom stereocenters. The van der Waals surface area contributed by atoms with Crippen molar-refractivity contribution in [1.82, 2.24) is 15.2 Å². The van der Waals surface area contributed by atoms with E-state index in [0.29, 0.717) is 0 Å². The number of morpholine rings is 1. The van der Waals surface area contributed by atoms with Crippen molar-refractivity contribution in [2.75, 3.05) is 26.3 Å². The van der Waals surface area contributed by atoms with Gasteiger partial charge in [0, 0.05) is 48.9 Å². The summed E-state index contributed by atoms with van der Waals surface area (Å²) in [4.78, 5) is 21.0. The van der Waals surface area contributed by atoms with Gasteiger partial charge in [0.1, 0.15) is 5.82 Å². The maximum atomic E-state index is 14.0. The van der Waals surface area contributed by atoms with Gasteiger partial charge in [-0.05, 0) is 96.3 Å². The molecule has 5 nitrogen and oxygen atoms in total. The first kappa shape index (κ1) is 31.3. The Bertz CT molecular complexity index is 1610. The number of benzene rings is 2. The second-order valence-corrected chi connectivity index (χ2v) is 11.3. The molecule has 2 heterocycles. The van der Waals surface area contributed by atoms with E-state index in [1.54, 1.807) is 6.07 Å². The first-order valence-corrected chi connectivity index (χ1v) is 15.7. The molecule has 3 aromatic rings. The molecule has 0 bridgehead atoms. The quantitative estimate of drug-likeness (QED) is 0.244. The van der Waals surface area contributed by atoms with Crippen molar-refractivity contribution in [1.29, 1.82) is 0 Å². The highest BCUT2D eigenvalue weighted by Crippen LogP contribution is 2.36. The molecule has 0 unspecified atom stereocenters. The minimum Gasteiger partial charge on any atom is -0.379 e. The molecule has 2 aliphatic rings. The van der Waals surface area contributed by atoms with Crippen LogP contribution in [-0.2, 0) is 22.5 Å². The number of pyridine rings is 1. The summed E-state index contributed by atoms with van der Waals surface area (Å²) in [7, 11) is 0. The van der Waals surface area contributed by atoms with Crippen molar-refractivity contribution in [2.24, 2.45) is 0 Å². The monoisotopic (exact) mass is 591 g/mol. The molecule has 1 N–H and O–H groups in total. The van der Waals surface area contributed by atoms with Crippen LogP contribution in [0.1, 0.15) is 62.3 Å². The van der Waals surface area contributed by atoms with E-state index in [-0.39, 0.29) is 11.7 Å². The molecular weight excluding hydrogens is 549 g/mol. The second-order valence-electron chi connectivity index (χ2n) is 11.3. The third kappa shape index (κ3) is 7.68. The highest BCUT2D eigenvalue weighted by molar-refractivity contribution is 6.22. The van der Waals surface area contributed by atoms with E-state index in [2.05, 4.69) is 46.4 Å². The number of ether oxygens (including phenoxy) is 1. The van der Waals surface area contributed by atoms with Gasteiger partial charge in [0.15, 0.2) is 0 Å². The summed E-state index contributed by atoms with van der Waals surface area (Å²) in [6.45, 7) is 10.3. The molecule has 228 valence electrons. The number of rotatable bonds is 10. The third-order valence-electron chi connectivity index (χ3n) is 8.31. The smallest absolute Gasteiger partial charge is 0.256 e. The highest BCUT2D eigenvalue weighted by Gasteiger charge is 2.24. The van der Waals surface area contributed by atoms with Crippen molar-refractivity contribution in [2.45, 2.75) is 53.0 Å². The summed E-state index contributed by atoms with van der Waals surface area (Å²) >= 11 is 0. The number of amides is 1. The number of aromatic nitrogens is 1. The predicted molar refractivity (Wildman–Crippen MR) is 177 cm³/mol. The number of fused-ring (bicyclic) bond motifs is 1. The number of carbonyl (C=O) groups is 1. The molecule has 1 aliphatic carbocycles. The van der Waals surface area contributed by atoms with Crippen LogP contribution < -0.4 is 5.32 Å². The van der Waals surface area contributed by atoms with E-state index in [9.17, 15) is 9.18 Å². The van der Waals surface area contributed by atoms with Crippen LogP contribution in [0.4, 0.5) is 4.39 Å². The number of allylic oxidation sites excluding steroid dienone is 6. The molecule has 0 spiro atoms. The number of hydrogen-bond donors (Lipinski definition) is 1. The van der Waals surface area contributed by atoms with E-state index in [1.165, 1.54) is 28.8 Å². The topological polar surface area (TPSA) is 54.5 Å². The van der Waals surface area contributed by atoms with E-state index in [4.69, 9.17) is 4.74 Å². The number of halogens is 1.